The lowest BCUT2D eigenvalue weighted by atomic mass is 9.96. The Bertz CT molecular complexity index is 788. The Hall–Kier alpha value is -1.61. The third-order valence-electron chi connectivity index (χ3n) is 4.21. The number of aryl methyl sites for hydroxylation is 3. The van der Waals surface area contributed by atoms with Gasteiger partial charge in [0.25, 0.3) is 0 Å². The molecule has 2 aromatic rings. The van der Waals surface area contributed by atoms with Crippen LogP contribution in [0.15, 0.2) is 33.7 Å². The molecule has 3 N–H and O–H groups in total. The lowest BCUT2D eigenvalue weighted by Gasteiger charge is -2.24. The summed E-state index contributed by atoms with van der Waals surface area (Å²) in [5.74, 6) is 1.85. The molecule has 0 aliphatic carbocycles. The van der Waals surface area contributed by atoms with Gasteiger partial charge in [-0.3, -0.25) is 0 Å². The van der Waals surface area contributed by atoms with Gasteiger partial charge in [0.1, 0.15) is 22.9 Å². The summed E-state index contributed by atoms with van der Waals surface area (Å²) in [6.45, 7) is 10.5. The van der Waals surface area contributed by atoms with Crippen LogP contribution >= 0.6 is 24.0 Å². The quantitative estimate of drug-likeness (QED) is 0.327. The number of benzene rings is 1. The van der Waals surface area contributed by atoms with E-state index in [2.05, 4.69) is 15.6 Å². The Labute approximate surface area is 177 Å². The minimum Gasteiger partial charge on any atom is -0.466 e. The van der Waals surface area contributed by atoms with Gasteiger partial charge in [0.2, 0.25) is 0 Å². The van der Waals surface area contributed by atoms with E-state index in [-0.39, 0.29) is 36.3 Å². The molecule has 27 heavy (non-hydrogen) atoms. The number of guanidine groups is 1. The first-order valence-electron chi connectivity index (χ1n) is 8.80. The molecule has 0 bridgehead atoms. The number of aliphatic hydroxyl groups is 1. The van der Waals surface area contributed by atoms with Crippen molar-refractivity contribution in [2.45, 2.75) is 46.8 Å². The van der Waals surface area contributed by atoms with Gasteiger partial charge in [-0.2, -0.15) is 0 Å². The van der Waals surface area contributed by atoms with Crippen LogP contribution in [0.2, 0.25) is 0 Å². The second-order valence-corrected chi connectivity index (χ2v) is 6.73. The van der Waals surface area contributed by atoms with Crippen molar-refractivity contribution in [2.75, 3.05) is 13.1 Å². The molecule has 0 saturated heterocycles. The first-order chi connectivity index (χ1) is 12.2. The molecule has 150 valence electrons. The molecule has 0 amide bonds. The fourth-order valence-electron chi connectivity index (χ4n) is 2.83. The molecule has 7 heteroatoms. The number of rotatable bonds is 6. The molecule has 1 atom stereocenters. The molecule has 0 fully saturated rings. The maximum atomic E-state index is 13.4. The summed E-state index contributed by atoms with van der Waals surface area (Å²) in [6.07, 6.45) is 0. The molecule has 0 saturated carbocycles. The Balaban J connectivity index is 0.00000364. The molecule has 1 unspecified atom stereocenters. The average Bonchev–Trinajstić information content (AvgIpc) is 2.92. The van der Waals surface area contributed by atoms with Crippen molar-refractivity contribution in [3.8, 4) is 0 Å². The maximum absolute atomic E-state index is 13.4. The van der Waals surface area contributed by atoms with Gasteiger partial charge in [-0.25, -0.2) is 9.38 Å². The highest BCUT2D eigenvalue weighted by Gasteiger charge is 2.27. The van der Waals surface area contributed by atoms with E-state index in [0.29, 0.717) is 30.4 Å². The van der Waals surface area contributed by atoms with Gasteiger partial charge in [-0.1, -0.05) is 12.1 Å². The molecule has 2 rings (SSSR count). The van der Waals surface area contributed by atoms with E-state index in [1.54, 1.807) is 26.0 Å². The summed E-state index contributed by atoms with van der Waals surface area (Å²) in [5.41, 5.74) is 1.19. The maximum Gasteiger partial charge on any atom is 0.191 e. The van der Waals surface area contributed by atoms with Crippen LogP contribution in [0, 0.1) is 26.6 Å². The first kappa shape index (κ1) is 23.4. The molecular formula is C20H29FIN3O2. The van der Waals surface area contributed by atoms with Crippen LogP contribution in [0.1, 0.15) is 42.1 Å². The van der Waals surface area contributed by atoms with Gasteiger partial charge in [0.05, 0.1) is 13.1 Å². The summed E-state index contributed by atoms with van der Waals surface area (Å²) in [5, 5.41) is 17.1. The summed E-state index contributed by atoms with van der Waals surface area (Å²) in [4.78, 5) is 4.52. The summed E-state index contributed by atoms with van der Waals surface area (Å²) >= 11 is 0. The number of halogens is 2. The van der Waals surface area contributed by atoms with Crippen LogP contribution in [0.5, 0.6) is 0 Å². The second kappa shape index (κ2) is 10.1. The van der Waals surface area contributed by atoms with Gasteiger partial charge in [0, 0.05) is 12.1 Å². The minimum absolute atomic E-state index is 0. The van der Waals surface area contributed by atoms with Crippen molar-refractivity contribution >= 4 is 29.9 Å². The zero-order valence-corrected chi connectivity index (χ0v) is 18.8. The molecule has 0 aliphatic heterocycles. The molecule has 0 radical (unpaired) electrons. The van der Waals surface area contributed by atoms with Crippen LogP contribution in [0.3, 0.4) is 0 Å². The number of hydrogen-bond acceptors (Lipinski definition) is 3. The fourth-order valence-corrected chi connectivity index (χ4v) is 2.83. The van der Waals surface area contributed by atoms with Crippen LogP contribution in [0.4, 0.5) is 4.39 Å². The third-order valence-corrected chi connectivity index (χ3v) is 4.21. The van der Waals surface area contributed by atoms with Crippen LogP contribution in [0.25, 0.3) is 0 Å². The Morgan fingerprint density at radius 1 is 1.22 bits per heavy atom. The lowest BCUT2D eigenvalue weighted by molar-refractivity contribution is 0.0601. The highest BCUT2D eigenvalue weighted by molar-refractivity contribution is 14.0. The molecule has 1 aromatic heterocycles. The average molecular weight is 489 g/mol. The summed E-state index contributed by atoms with van der Waals surface area (Å²) in [6, 6.07) is 6.82. The zero-order chi connectivity index (χ0) is 19.3. The van der Waals surface area contributed by atoms with E-state index < -0.39 is 5.60 Å². The Morgan fingerprint density at radius 3 is 2.48 bits per heavy atom. The van der Waals surface area contributed by atoms with E-state index >= 15 is 0 Å². The minimum atomic E-state index is -1.09. The van der Waals surface area contributed by atoms with Crippen LogP contribution < -0.4 is 10.6 Å². The predicted molar refractivity (Wildman–Crippen MR) is 117 cm³/mol. The van der Waals surface area contributed by atoms with Gasteiger partial charge < -0.3 is 20.2 Å². The topological polar surface area (TPSA) is 69.8 Å². The highest BCUT2D eigenvalue weighted by Crippen LogP contribution is 2.26. The van der Waals surface area contributed by atoms with E-state index in [9.17, 15) is 9.50 Å². The zero-order valence-electron chi connectivity index (χ0n) is 16.5. The van der Waals surface area contributed by atoms with Crippen LogP contribution in [-0.4, -0.2) is 24.2 Å². The van der Waals surface area contributed by atoms with Crippen LogP contribution in [-0.2, 0) is 12.1 Å². The van der Waals surface area contributed by atoms with E-state index in [1.165, 1.54) is 6.07 Å². The number of hydrogen-bond donors (Lipinski definition) is 3. The number of nitrogens with one attached hydrogen (secondary N) is 2. The first-order valence-corrected chi connectivity index (χ1v) is 8.80. The lowest BCUT2D eigenvalue weighted by Crippen LogP contribution is -2.44. The number of aliphatic imine (C=N–C) groups is 1. The fraction of sp³-hybridized carbons (Fsp3) is 0.450. The largest absolute Gasteiger partial charge is 0.466 e. The number of furan rings is 1. The van der Waals surface area contributed by atoms with Crippen molar-refractivity contribution in [3.05, 3.63) is 58.3 Å². The van der Waals surface area contributed by atoms with Crippen molar-refractivity contribution in [2.24, 2.45) is 4.99 Å². The molecule has 1 aromatic carbocycles. The van der Waals surface area contributed by atoms with E-state index in [0.717, 1.165) is 16.9 Å². The Morgan fingerprint density at radius 2 is 1.93 bits per heavy atom. The second-order valence-electron chi connectivity index (χ2n) is 6.73. The molecule has 0 aliphatic rings. The van der Waals surface area contributed by atoms with Crippen molar-refractivity contribution in [3.63, 3.8) is 0 Å². The molecular weight excluding hydrogens is 460 g/mol. The van der Waals surface area contributed by atoms with Gasteiger partial charge in [0.15, 0.2) is 5.96 Å². The number of nitrogens with zero attached hydrogens (tertiary/aromatic N) is 1. The normalized spacial score (nSPS) is 13.7. The SMILES string of the molecule is CCNC(=NCc1ccc(F)c(C)c1)NCC(C)(O)c1cc(C)oc1C.I. The summed E-state index contributed by atoms with van der Waals surface area (Å²) < 4.78 is 18.9. The van der Waals surface area contributed by atoms with E-state index in [4.69, 9.17) is 4.42 Å². The van der Waals surface area contributed by atoms with Gasteiger partial charge in [-0.05, 0) is 57.9 Å². The highest BCUT2D eigenvalue weighted by atomic mass is 127. The van der Waals surface area contributed by atoms with Crippen molar-refractivity contribution in [1.29, 1.82) is 0 Å². The monoisotopic (exact) mass is 489 g/mol. The molecule has 5 nitrogen and oxygen atoms in total. The molecule has 1 heterocycles. The Kier molecular flexibility index (Phi) is 8.74. The predicted octanol–water partition coefficient (Wildman–Crippen LogP) is 3.92. The third kappa shape index (κ3) is 6.49. The van der Waals surface area contributed by atoms with Gasteiger partial charge in [-0.15, -0.1) is 24.0 Å². The van der Waals surface area contributed by atoms with Crippen molar-refractivity contribution in [1.82, 2.24) is 10.6 Å². The smallest absolute Gasteiger partial charge is 0.191 e. The summed E-state index contributed by atoms with van der Waals surface area (Å²) in [7, 11) is 0. The van der Waals surface area contributed by atoms with Gasteiger partial charge >= 0.3 is 0 Å². The standard InChI is InChI=1S/C20H28FN3O2.HI/c1-6-22-19(23-11-16-7-8-18(21)13(2)9-16)24-12-20(5,25)17-10-14(3)26-15(17)4;/h7-10,25H,6,11-12H2,1-5H3,(H2,22,23,24);1H. The molecule has 0 spiro atoms. The van der Waals surface area contributed by atoms with Crippen molar-refractivity contribution < 1.29 is 13.9 Å². The van der Waals surface area contributed by atoms with E-state index in [1.807, 2.05) is 26.8 Å².